The highest BCUT2D eigenvalue weighted by Gasteiger charge is 2.25. The maximum Gasteiger partial charge on any atom is 0.328 e. The first kappa shape index (κ1) is 21.4. The van der Waals surface area contributed by atoms with Gasteiger partial charge in [-0.3, -0.25) is 4.79 Å². The Labute approximate surface area is 179 Å². The van der Waals surface area contributed by atoms with Crippen LogP contribution in [0, 0.1) is 0 Å². The van der Waals surface area contributed by atoms with Gasteiger partial charge in [0.25, 0.3) is 5.91 Å². The summed E-state index contributed by atoms with van der Waals surface area (Å²) < 4.78 is 10.7. The molecular weight excluding hydrogens is 415 g/mol. The Morgan fingerprint density at radius 1 is 1.17 bits per heavy atom. The number of carbonyl (C=O) groups excluding carboxylic acids is 2. The van der Waals surface area contributed by atoms with Crippen LogP contribution in [0.3, 0.4) is 0 Å². The number of hydrogen-bond donors (Lipinski definition) is 2. The molecule has 1 aliphatic heterocycles. The molecule has 0 saturated carbocycles. The molecule has 0 radical (unpaired) electrons. The van der Waals surface area contributed by atoms with Crippen LogP contribution in [-0.2, 0) is 16.0 Å². The molecule has 6 nitrogen and oxygen atoms in total. The predicted octanol–water partition coefficient (Wildman–Crippen LogP) is 3.25. The van der Waals surface area contributed by atoms with E-state index in [1.807, 2.05) is 24.3 Å². The van der Waals surface area contributed by atoms with Crippen LogP contribution in [0.15, 0.2) is 42.5 Å². The van der Waals surface area contributed by atoms with Gasteiger partial charge in [-0.1, -0.05) is 41.4 Å². The number of amides is 1. The standard InChI is InChI=1S/C21H22Cl2N2O4/c1-28-21(27)18(25-20(26)19-16(22)3-2-4-17(19)23)11-13-5-7-14(8-6-13)29-15-9-10-24-12-15/h2-8,15,18,24H,9-12H2,1H3,(H,25,26)/t15-,18+/m1/s1. The van der Waals surface area contributed by atoms with Crippen molar-refractivity contribution in [2.75, 3.05) is 20.2 Å². The van der Waals surface area contributed by atoms with Crippen LogP contribution in [0.4, 0.5) is 0 Å². The van der Waals surface area contributed by atoms with E-state index in [4.69, 9.17) is 32.7 Å². The van der Waals surface area contributed by atoms with Crippen molar-refractivity contribution in [1.82, 2.24) is 10.6 Å². The van der Waals surface area contributed by atoms with Gasteiger partial charge >= 0.3 is 5.97 Å². The summed E-state index contributed by atoms with van der Waals surface area (Å²) in [7, 11) is 1.27. The van der Waals surface area contributed by atoms with Crippen molar-refractivity contribution in [3.63, 3.8) is 0 Å². The molecule has 0 unspecified atom stereocenters. The number of nitrogens with one attached hydrogen (secondary N) is 2. The van der Waals surface area contributed by atoms with E-state index < -0.39 is 17.9 Å². The SMILES string of the molecule is COC(=O)[C@H](Cc1ccc(O[C@@H]2CCNC2)cc1)NC(=O)c1c(Cl)cccc1Cl. The van der Waals surface area contributed by atoms with Gasteiger partial charge in [-0.25, -0.2) is 4.79 Å². The minimum atomic E-state index is -0.884. The van der Waals surface area contributed by atoms with E-state index >= 15 is 0 Å². The third kappa shape index (κ3) is 5.63. The Bertz CT molecular complexity index is 847. The number of hydrogen-bond acceptors (Lipinski definition) is 5. The first-order chi connectivity index (χ1) is 14.0. The van der Waals surface area contributed by atoms with Crippen molar-refractivity contribution < 1.29 is 19.1 Å². The highest BCUT2D eigenvalue weighted by molar-refractivity contribution is 6.39. The van der Waals surface area contributed by atoms with Crippen LogP contribution < -0.4 is 15.4 Å². The van der Waals surface area contributed by atoms with Crippen molar-refractivity contribution in [1.29, 1.82) is 0 Å². The van der Waals surface area contributed by atoms with Crippen LogP contribution in [0.25, 0.3) is 0 Å². The number of carbonyl (C=O) groups is 2. The fourth-order valence-corrected chi connectivity index (χ4v) is 3.71. The molecule has 0 aliphatic carbocycles. The summed E-state index contributed by atoms with van der Waals surface area (Å²) in [4.78, 5) is 24.9. The van der Waals surface area contributed by atoms with Gasteiger partial charge in [0.1, 0.15) is 17.9 Å². The van der Waals surface area contributed by atoms with Crippen molar-refractivity contribution >= 4 is 35.1 Å². The zero-order valence-corrected chi connectivity index (χ0v) is 17.4. The number of ether oxygens (including phenoxy) is 2. The molecule has 0 spiro atoms. The minimum absolute atomic E-state index is 0.124. The molecule has 3 rings (SSSR count). The van der Waals surface area contributed by atoms with Gasteiger partial charge in [0.05, 0.1) is 22.7 Å². The maximum atomic E-state index is 12.6. The Hall–Kier alpha value is -2.28. The molecule has 2 atom stereocenters. The lowest BCUT2D eigenvalue weighted by Crippen LogP contribution is -2.43. The van der Waals surface area contributed by atoms with E-state index in [9.17, 15) is 9.59 Å². The van der Waals surface area contributed by atoms with Crippen molar-refractivity contribution in [3.05, 3.63) is 63.6 Å². The summed E-state index contributed by atoms with van der Waals surface area (Å²) in [6, 6.07) is 11.3. The summed E-state index contributed by atoms with van der Waals surface area (Å²) >= 11 is 12.2. The van der Waals surface area contributed by atoms with Crippen molar-refractivity contribution in [2.24, 2.45) is 0 Å². The van der Waals surface area contributed by atoms with Gasteiger partial charge in [-0.15, -0.1) is 0 Å². The molecule has 1 fully saturated rings. The molecule has 1 aliphatic rings. The maximum absolute atomic E-state index is 12.6. The molecule has 8 heteroatoms. The van der Waals surface area contributed by atoms with Crippen LogP contribution in [0.1, 0.15) is 22.3 Å². The van der Waals surface area contributed by atoms with E-state index in [0.717, 1.165) is 30.8 Å². The van der Waals surface area contributed by atoms with E-state index in [1.165, 1.54) is 7.11 Å². The monoisotopic (exact) mass is 436 g/mol. The number of esters is 1. The molecule has 2 aromatic carbocycles. The van der Waals surface area contributed by atoms with Crippen molar-refractivity contribution in [2.45, 2.75) is 25.0 Å². The fourth-order valence-electron chi connectivity index (χ4n) is 3.14. The van der Waals surface area contributed by atoms with Gasteiger partial charge in [0, 0.05) is 13.0 Å². The molecular formula is C21H22Cl2N2O4. The van der Waals surface area contributed by atoms with E-state index in [-0.39, 0.29) is 28.1 Å². The molecule has 2 aromatic rings. The zero-order chi connectivity index (χ0) is 20.8. The lowest BCUT2D eigenvalue weighted by atomic mass is 10.0. The van der Waals surface area contributed by atoms with Crippen LogP contribution >= 0.6 is 23.2 Å². The molecule has 0 bridgehead atoms. The van der Waals surface area contributed by atoms with Gasteiger partial charge < -0.3 is 20.1 Å². The summed E-state index contributed by atoms with van der Waals surface area (Å²) in [5.41, 5.74) is 0.974. The van der Waals surface area contributed by atoms with Crippen LogP contribution in [0.2, 0.25) is 10.0 Å². The summed E-state index contributed by atoms with van der Waals surface area (Å²) in [5.74, 6) is -0.326. The van der Waals surface area contributed by atoms with Crippen LogP contribution in [-0.4, -0.2) is 44.2 Å². The summed E-state index contributed by atoms with van der Waals surface area (Å²) in [6.07, 6.45) is 1.40. The molecule has 0 aromatic heterocycles. The normalized spacial score (nSPS) is 16.9. The zero-order valence-electron chi connectivity index (χ0n) is 15.9. The molecule has 154 valence electrons. The van der Waals surface area contributed by atoms with Gasteiger partial charge in [0.15, 0.2) is 0 Å². The highest BCUT2D eigenvalue weighted by Crippen LogP contribution is 2.24. The van der Waals surface area contributed by atoms with E-state index in [0.29, 0.717) is 0 Å². The van der Waals surface area contributed by atoms with Gasteiger partial charge in [0.2, 0.25) is 0 Å². The highest BCUT2D eigenvalue weighted by atomic mass is 35.5. The average molecular weight is 437 g/mol. The first-order valence-electron chi connectivity index (χ1n) is 9.27. The number of halogens is 2. The number of rotatable bonds is 7. The van der Waals surface area contributed by atoms with Crippen LogP contribution in [0.5, 0.6) is 5.75 Å². The second-order valence-corrected chi connectivity index (χ2v) is 7.54. The Morgan fingerprint density at radius 2 is 1.86 bits per heavy atom. The lowest BCUT2D eigenvalue weighted by molar-refractivity contribution is -0.142. The number of methoxy groups -OCH3 is 1. The largest absolute Gasteiger partial charge is 0.489 e. The second kappa shape index (κ2) is 9.96. The topological polar surface area (TPSA) is 76.7 Å². The van der Waals surface area contributed by atoms with Gasteiger partial charge in [-0.05, 0) is 42.8 Å². The average Bonchev–Trinajstić information content (AvgIpc) is 3.21. The third-order valence-corrected chi connectivity index (χ3v) is 5.29. The van der Waals surface area contributed by atoms with Gasteiger partial charge in [-0.2, -0.15) is 0 Å². The molecule has 1 amide bonds. The predicted molar refractivity (Wildman–Crippen MR) is 112 cm³/mol. The molecule has 2 N–H and O–H groups in total. The summed E-state index contributed by atoms with van der Waals surface area (Å²) in [6.45, 7) is 1.79. The smallest absolute Gasteiger partial charge is 0.328 e. The Balaban J connectivity index is 1.69. The Morgan fingerprint density at radius 3 is 2.45 bits per heavy atom. The molecule has 1 saturated heterocycles. The van der Waals surface area contributed by atoms with E-state index in [1.54, 1.807) is 18.2 Å². The summed E-state index contributed by atoms with van der Waals surface area (Å²) in [5, 5.41) is 6.34. The van der Waals surface area contributed by atoms with Crippen molar-refractivity contribution in [3.8, 4) is 5.75 Å². The van der Waals surface area contributed by atoms with E-state index in [2.05, 4.69) is 10.6 Å². The second-order valence-electron chi connectivity index (χ2n) is 6.73. The quantitative estimate of drug-likeness (QED) is 0.651. The fraction of sp³-hybridized carbons (Fsp3) is 0.333. The molecule has 1 heterocycles. The third-order valence-electron chi connectivity index (χ3n) is 4.66. The minimum Gasteiger partial charge on any atom is -0.489 e. The number of benzene rings is 2. The lowest BCUT2D eigenvalue weighted by Gasteiger charge is -2.18. The first-order valence-corrected chi connectivity index (χ1v) is 10.0. The molecule has 29 heavy (non-hydrogen) atoms. The Kier molecular flexibility index (Phi) is 7.36.